The zero-order chi connectivity index (χ0) is 24.0. The molecule has 0 bridgehead atoms. The third kappa shape index (κ3) is 6.42. The maximum Gasteiger partial charge on any atom is 0.319 e. The highest BCUT2D eigenvalue weighted by Crippen LogP contribution is 2.22. The quantitative estimate of drug-likeness (QED) is 0.438. The first kappa shape index (κ1) is 24.5. The molecule has 33 heavy (non-hydrogen) atoms. The smallest absolute Gasteiger partial charge is 0.319 e. The molecular weight excluding hydrogens is 439 g/mol. The van der Waals surface area contributed by atoms with Crippen LogP contribution in [-0.2, 0) is 28.4 Å². The summed E-state index contributed by atoms with van der Waals surface area (Å²) in [6.45, 7) is 5.94. The second-order valence-corrected chi connectivity index (χ2v) is 9.95. The molecule has 3 rings (SSSR count). The fraction of sp³-hybridized carbons (Fsp3) is 0.269. The first-order valence-corrected chi connectivity index (χ1v) is 12.6. The van der Waals surface area contributed by atoms with Gasteiger partial charge in [-0.2, -0.15) is 0 Å². The van der Waals surface area contributed by atoms with Gasteiger partial charge in [0.2, 0.25) is 0 Å². The fourth-order valence-electron chi connectivity index (χ4n) is 3.69. The zero-order valence-corrected chi connectivity index (χ0v) is 19.9. The van der Waals surface area contributed by atoms with E-state index in [2.05, 4.69) is 24.5 Å². The van der Waals surface area contributed by atoms with Crippen molar-refractivity contribution in [1.29, 1.82) is 0 Å². The first-order chi connectivity index (χ1) is 15.7. The van der Waals surface area contributed by atoms with Gasteiger partial charge in [0.15, 0.2) is 9.84 Å². The summed E-state index contributed by atoms with van der Waals surface area (Å²) in [5.41, 5.74) is 4.41. The Morgan fingerprint density at radius 2 is 1.55 bits per heavy atom. The number of benzene rings is 3. The van der Waals surface area contributed by atoms with Crippen LogP contribution in [0, 0.1) is 5.82 Å². The summed E-state index contributed by atoms with van der Waals surface area (Å²) in [7, 11) is -3.52. The van der Waals surface area contributed by atoms with Gasteiger partial charge in [-0.15, -0.1) is 0 Å². The van der Waals surface area contributed by atoms with E-state index in [1.54, 1.807) is 31.2 Å². The first-order valence-electron chi connectivity index (χ1n) is 11.0. The molecule has 0 aliphatic heterocycles. The molecule has 0 aliphatic carbocycles. The van der Waals surface area contributed by atoms with Crippen molar-refractivity contribution in [3.8, 4) is 0 Å². The van der Waals surface area contributed by atoms with Crippen molar-refractivity contribution in [2.24, 2.45) is 0 Å². The number of carbonyl (C=O) groups is 1. The molecule has 0 heterocycles. The number of sulfone groups is 1. The molecule has 5 nitrogen and oxygen atoms in total. The molecule has 1 atom stereocenters. The lowest BCUT2D eigenvalue weighted by Gasteiger charge is -2.15. The number of halogens is 1. The monoisotopic (exact) mass is 468 g/mol. The van der Waals surface area contributed by atoms with Crippen molar-refractivity contribution < 1.29 is 17.6 Å². The Kier molecular flexibility index (Phi) is 7.87. The topological polar surface area (TPSA) is 75.3 Å². The normalized spacial score (nSPS) is 12.2. The van der Waals surface area contributed by atoms with Crippen molar-refractivity contribution in [2.75, 3.05) is 5.32 Å². The fourth-order valence-corrected chi connectivity index (χ4v) is 5.03. The van der Waals surface area contributed by atoms with Crippen LogP contribution in [0.2, 0.25) is 0 Å². The molecular formula is C26H29FN2O3S. The Morgan fingerprint density at radius 3 is 2.15 bits per heavy atom. The van der Waals surface area contributed by atoms with Gasteiger partial charge in [0.1, 0.15) is 5.82 Å². The van der Waals surface area contributed by atoms with Crippen molar-refractivity contribution in [3.05, 3.63) is 94.8 Å². The van der Waals surface area contributed by atoms with E-state index < -0.39 is 15.9 Å². The molecule has 3 aromatic carbocycles. The van der Waals surface area contributed by atoms with Crippen molar-refractivity contribution in [1.82, 2.24) is 5.32 Å². The van der Waals surface area contributed by atoms with Crippen LogP contribution < -0.4 is 10.6 Å². The summed E-state index contributed by atoms with van der Waals surface area (Å²) in [5.74, 6) is -0.416. The Balaban J connectivity index is 1.64. The number of rotatable bonds is 8. The van der Waals surface area contributed by atoms with Crippen LogP contribution in [0.4, 0.5) is 14.9 Å². The number of hydrogen-bond donors (Lipinski definition) is 2. The second-order valence-electron chi connectivity index (χ2n) is 7.97. The number of amides is 2. The van der Waals surface area contributed by atoms with Crippen LogP contribution in [0.3, 0.4) is 0 Å². The Labute approximate surface area is 195 Å². The highest BCUT2D eigenvalue weighted by atomic mass is 32.2. The van der Waals surface area contributed by atoms with Crippen molar-refractivity contribution >= 4 is 21.6 Å². The van der Waals surface area contributed by atoms with Gasteiger partial charge in [-0.25, -0.2) is 17.6 Å². The summed E-state index contributed by atoms with van der Waals surface area (Å²) >= 11 is 0. The van der Waals surface area contributed by atoms with E-state index in [0.29, 0.717) is 5.69 Å². The van der Waals surface area contributed by atoms with Gasteiger partial charge in [-0.1, -0.05) is 44.2 Å². The lowest BCUT2D eigenvalue weighted by Crippen LogP contribution is -2.31. The molecule has 2 N–H and O–H groups in total. The van der Waals surface area contributed by atoms with Crippen LogP contribution in [-0.4, -0.2) is 14.4 Å². The maximum atomic E-state index is 13.1. The average Bonchev–Trinajstić information content (AvgIpc) is 2.79. The number of hydrogen-bond acceptors (Lipinski definition) is 3. The number of aryl methyl sites for hydroxylation is 2. The molecule has 7 heteroatoms. The van der Waals surface area contributed by atoms with E-state index in [9.17, 15) is 17.6 Å². The predicted molar refractivity (Wildman–Crippen MR) is 129 cm³/mol. The third-order valence-electron chi connectivity index (χ3n) is 5.58. The van der Waals surface area contributed by atoms with Crippen LogP contribution in [0.25, 0.3) is 0 Å². The lowest BCUT2D eigenvalue weighted by molar-refractivity contribution is 0.249. The van der Waals surface area contributed by atoms with Gasteiger partial charge < -0.3 is 10.6 Å². The third-order valence-corrected chi connectivity index (χ3v) is 7.28. The standard InChI is InChI=1S/C26H29FN2O3S/c1-4-20-7-6-19(16-21(20)5-2)17-33(31,32)25-14-12-24(13-15-25)29-26(30)28-18(3)22-8-10-23(27)11-9-22/h6-16,18H,4-5,17H2,1-3H3,(H2,28,29,30). The SMILES string of the molecule is CCc1ccc(CS(=O)(=O)c2ccc(NC(=O)NC(C)c3ccc(F)cc3)cc2)cc1CC. The predicted octanol–water partition coefficient (Wildman–Crippen LogP) is 5.81. The van der Waals surface area contributed by atoms with E-state index in [1.165, 1.54) is 35.4 Å². The van der Waals surface area contributed by atoms with Gasteiger partial charge in [-0.05, 0) is 78.4 Å². The average molecular weight is 469 g/mol. The van der Waals surface area contributed by atoms with Gasteiger partial charge in [-0.3, -0.25) is 0 Å². The Bertz CT molecular complexity index is 1210. The number of anilines is 1. The summed E-state index contributed by atoms with van der Waals surface area (Å²) in [5, 5.41) is 5.46. The van der Waals surface area contributed by atoms with E-state index in [-0.39, 0.29) is 22.5 Å². The molecule has 0 spiro atoms. The van der Waals surface area contributed by atoms with Gasteiger partial charge in [0.05, 0.1) is 16.7 Å². The Hall–Kier alpha value is -3.19. The minimum absolute atomic E-state index is 0.0769. The van der Waals surface area contributed by atoms with E-state index in [1.807, 2.05) is 18.2 Å². The van der Waals surface area contributed by atoms with E-state index in [0.717, 1.165) is 24.0 Å². The minimum Gasteiger partial charge on any atom is -0.331 e. The van der Waals surface area contributed by atoms with Crippen LogP contribution in [0.15, 0.2) is 71.6 Å². The van der Waals surface area contributed by atoms with Crippen LogP contribution in [0.1, 0.15) is 49.1 Å². The zero-order valence-electron chi connectivity index (χ0n) is 19.1. The van der Waals surface area contributed by atoms with E-state index in [4.69, 9.17) is 0 Å². The molecule has 0 saturated heterocycles. The number of nitrogens with one attached hydrogen (secondary N) is 2. The summed E-state index contributed by atoms with van der Waals surface area (Å²) in [4.78, 5) is 12.5. The number of urea groups is 1. The number of carbonyl (C=O) groups excluding carboxylic acids is 1. The Morgan fingerprint density at radius 1 is 0.909 bits per heavy atom. The molecule has 1 unspecified atom stereocenters. The van der Waals surface area contributed by atoms with Gasteiger partial charge in [0, 0.05) is 5.69 Å². The van der Waals surface area contributed by atoms with Gasteiger partial charge >= 0.3 is 6.03 Å². The van der Waals surface area contributed by atoms with Crippen LogP contribution >= 0.6 is 0 Å². The molecule has 0 aliphatic rings. The highest BCUT2D eigenvalue weighted by Gasteiger charge is 2.17. The molecule has 3 aromatic rings. The highest BCUT2D eigenvalue weighted by molar-refractivity contribution is 7.90. The largest absolute Gasteiger partial charge is 0.331 e. The van der Waals surface area contributed by atoms with Crippen molar-refractivity contribution in [3.63, 3.8) is 0 Å². The molecule has 0 saturated carbocycles. The molecule has 0 aromatic heterocycles. The molecule has 2 amide bonds. The van der Waals surface area contributed by atoms with E-state index >= 15 is 0 Å². The molecule has 0 fully saturated rings. The van der Waals surface area contributed by atoms with Crippen LogP contribution in [0.5, 0.6) is 0 Å². The summed E-state index contributed by atoms with van der Waals surface area (Å²) < 4.78 is 38.8. The summed E-state index contributed by atoms with van der Waals surface area (Å²) in [6.07, 6.45) is 1.78. The van der Waals surface area contributed by atoms with Crippen molar-refractivity contribution in [2.45, 2.75) is 50.3 Å². The lowest BCUT2D eigenvalue weighted by atomic mass is 10.0. The minimum atomic E-state index is -3.52. The molecule has 174 valence electrons. The second kappa shape index (κ2) is 10.6. The maximum absolute atomic E-state index is 13.1. The molecule has 0 radical (unpaired) electrons. The van der Waals surface area contributed by atoms with Gasteiger partial charge in [0.25, 0.3) is 0 Å². The summed E-state index contributed by atoms with van der Waals surface area (Å²) in [6, 6.07) is 17.1.